The third-order valence-electron chi connectivity index (χ3n) is 4.51. The van der Waals surface area contributed by atoms with Crippen molar-refractivity contribution in [3.63, 3.8) is 0 Å². The van der Waals surface area contributed by atoms with Gasteiger partial charge in [-0.15, -0.1) is 0 Å². The summed E-state index contributed by atoms with van der Waals surface area (Å²) in [6.07, 6.45) is 2.37. The van der Waals surface area contributed by atoms with Crippen LogP contribution in [0, 0.1) is 17.2 Å². The Balaban J connectivity index is 1.67. The highest BCUT2D eigenvalue weighted by Gasteiger charge is 2.43. The molecule has 2 fully saturated rings. The van der Waals surface area contributed by atoms with Crippen LogP contribution in [-0.2, 0) is 14.3 Å². The lowest BCUT2D eigenvalue weighted by atomic mass is 10.0. The van der Waals surface area contributed by atoms with E-state index in [-0.39, 0.29) is 30.3 Å². The van der Waals surface area contributed by atoms with Crippen LogP contribution in [0.5, 0.6) is 0 Å². The smallest absolute Gasteiger partial charge is 0.306 e. The number of piperazine rings is 1. The lowest BCUT2D eigenvalue weighted by molar-refractivity contribution is -0.144. The number of amides is 1. The number of nitrogens with zero attached hydrogens (tertiary/aromatic N) is 4. The molecule has 2 aliphatic rings. The average molecular weight is 314 g/mol. The molecule has 0 radical (unpaired) electrons. The zero-order valence-corrected chi connectivity index (χ0v) is 12.9. The minimum atomic E-state index is -0.339. The fourth-order valence-electron chi connectivity index (χ4n) is 3.31. The maximum atomic E-state index is 12.4. The Morgan fingerprint density at radius 2 is 2.30 bits per heavy atom. The molecule has 0 spiro atoms. The first kappa shape index (κ1) is 15.3. The van der Waals surface area contributed by atoms with E-state index in [1.807, 2.05) is 11.0 Å². The van der Waals surface area contributed by atoms with Crippen molar-refractivity contribution in [3.05, 3.63) is 23.9 Å². The highest BCUT2D eigenvalue weighted by molar-refractivity contribution is 5.86. The van der Waals surface area contributed by atoms with Crippen LogP contribution in [-0.4, -0.2) is 54.5 Å². The van der Waals surface area contributed by atoms with E-state index >= 15 is 0 Å². The Labute approximate surface area is 134 Å². The Morgan fingerprint density at radius 1 is 1.48 bits per heavy atom. The van der Waals surface area contributed by atoms with Gasteiger partial charge in [0, 0.05) is 25.8 Å². The molecule has 1 aromatic heterocycles. The molecule has 0 aliphatic carbocycles. The van der Waals surface area contributed by atoms with Crippen LogP contribution in [0.25, 0.3) is 0 Å². The molecule has 23 heavy (non-hydrogen) atoms. The summed E-state index contributed by atoms with van der Waals surface area (Å²) in [5.41, 5.74) is 0.529. The standard InChI is InChI=1S/C16H18N4O3/c1-23-15(21)7-12-6-13-10-19(4-5-20(13)16(12)22)14-3-2-11(8-17)9-18-14/h2-3,9,12-13H,4-7,10H2,1H3/t12-,13+/m1/s1. The highest BCUT2D eigenvalue weighted by atomic mass is 16.5. The normalized spacial score (nSPS) is 23.4. The molecule has 2 saturated heterocycles. The number of ether oxygens (including phenoxy) is 1. The molecule has 3 rings (SSSR count). The van der Waals surface area contributed by atoms with Gasteiger partial charge >= 0.3 is 5.97 Å². The zero-order chi connectivity index (χ0) is 16.4. The Hall–Kier alpha value is -2.62. The van der Waals surface area contributed by atoms with E-state index in [4.69, 9.17) is 5.26 Å². The van der Waals surface area contributed by atoms with Gasteiger partial charge in [0.25, 0.3) is 0 Å². The van der Waals surface area contributed by atoms with Crippen molar-refractivity contribution in [1.29, 1.82) is 5.26 Å². The predicted molar refractivity (Wildman–Crippen MR) is 81.4 cm³/mol. The summed E-state index contributed by atoms with van der Waals surface area (Å²) in [5.74, 6) is 0.246. The lowest BCUT2D eigenvalue weighted by Crippen LogP contribution is -2.51. The van der Waals surface area contributed by atoms with Crippen molar-refractivity contribution >= 4 is 17.7 Å². The molecule has 2 aliphatic heterocycles. The number of nitriles is 1. The van der Waals surface area contributed by atoms with Gasteiger partial charge in [-0.1, -0.05) is 0 Å². The van der Waals surface area contributed by atoms with Crippen LogP contribution in [0.3, 0.4) is 0 Å². The summed E-state index contributed by atoms with van der Waals surface area (Å²) >= 11 is 0. The Kier molecular flexibility index (Phi) is 4.15. The summed E-state index contributed by atoms with van der Waals surface area (Å²) in [5, 5.41) is 8.83. The highest BCUT2D eigenvalue weighted by Crippen LogP contribution is 2.31. The fraction of sp³-hybridized carbons (Fsp3) is 0.500. The Morgan fingerprint density at radius 3 is 2.96 bits per heavy atom. The second-order valence-corrected chi connectivity index (χ2v) is 5.86. The zero-order valence-electron chi connectivity index (χ0n) is 12.9. The van der Waals surface area contributed by atoms with Gasteiger partial charge in [-0.2, -0.15) is 5.26 Å². The van der Waals surface area contributed by atoms with Crippen molar-refractivity contribution < 1.29 is 14.3 Å². The molecule has 3 heterocycles. The number of carbonyl (C=O) groups excluding carboxylic acids is 2. The van der Waals surface area contributed by atoms with Crippen LogP contribution in [0.4, 0.5) is 5.82 Å². The maximum Gasteiger partial charge on any atom is 0.306 e. The molecular weight excluding hydrogens is 296 g/mol. The quantitative estimate of drug-likeness (QED) is 0.757. The Bertz CT molecular complexity index is 652. The third-order valence-corrected chi connectivity index (χ3v) is 4.51. The second kappa shape index (κ2) is 6.24. The van der Waals surface area contributed by atoms with Gasteiger partial charge in [-0.25, -0.2) is 4.98 Å². The molecular formula is C16H18N4O3. The minimum Gasteiger partial charge on any atom is -0.469 e. The summed E-state index contributed by atoms with van der Waals surface area (Å²) in [6, 6.07) is 5.73. The number of fused-ring (bicyclic) bond motifs is 1. The van der Waals surface area contributed by atoms with E-state index in [0.717, 1.165) is 5.82 Å². The van der Waals surface area contributed by atoms with E-state index < -0.39 is 0 Å². The average Bonchev–Trinajstić information content (AvgIpc) is 2.90. The summed E-state index contributed by atoms with van der Waals surface area (Å²) in [6.45, 7) is 2.03. The number of aromatic nitrogens is 1. The third kappa shape index (κ3) is 2.97. The molecule has 120 valence electrons. The second-order valence-electron chi connectivity index (χ2n) is 5.86. The van der Waals surface area contributed by atoms with E-state index in [9.17, 15) is 9.59 Å². The van der Waals surface area contributed by atoms with Crippen molar-refractivity contribution in [2.24, 2.45) is 5.92 Å². The van der Waals surface area contributed by atoms with Crippen molar-refractivity contribution in [2.75, 3.05) is 31.6 Å². The van der Waals surface area contributed by atoms with Gasteiger partial charge in [0.05, 0.1) is 31.1 Å². The van der Waals surface area contributed by atoms with Crippen LogP contribution in [0.2, 0.25) is 0 Å². The number of carbonyl (C=O) groups is 2. The van der Waals surface area contributed by atoms with E-state index in [2.05, 4.69) is 20.7 Å². The van der Waals surface area contributed by atoms with Gasteiger partial charge in [-0.05, 0) is 18.6 Å². The molecule has 7 heteroatoms. The number of pyridine rings is 1. The number of methoxy groups -OCH3 is 1. The predicted octanol–water partition coefficient (Wildman–Crippen LogP) is 0.553. The van der Waals surface area contributed by atoms with E-state index in [1.165, 1.54) is 7.11 Å². The van der Waals surface area contributed by atoms with Crippen LogP contribution in [0.1, 0.15) is 18.4 Å². The minimum absolute atomic E-state index is 0.0489. The van der Waals surface area contributed by atoms with Crippen LogP contribution >= 0.6 is 0 Å². The first-order valence-corrected chi connectivity index (χ1v) is 7.60. The molecule has 1 aromatic rings. The van der Waals surface area contributed by atoms with Crippen molar-refractivity contribution in [1.82, 2.24) is 9.88 Å². The van der Waals surface area contributed by atoms with Gasteiger partial charge in [0.15, 0.2) is 0 Å². The molecule has 2 atom stereocenters. The molecule has 0 aromatic carbocycles. The first-order chi connectivity index (χ1) is 11.1. The lowest BCUT2D eigenvalue weighted by Gasteiger charge is -2.38. The first-order valence-electron chi connectivity index (χ1n) is 7.60. The monoisotopic (exact) mass is 314 g/mol. The molecule has 0 bridgehead atoms. The van der Waals surface area contributed by atoms with E-state index in [1.54, 1.807) is 12.3 Å². The molecule has 1 amide bonds. The topological polar surface area (TPSA) is 86.5 Å². The summed E-state index contributed by atoms with van der Waals surface area (Å²) in [7, 11) is 1.34. The van der Waals surface area contributed by atoms with Gasteiger partial charge in [0.1, 0.15) is 11.9 Å². The van der Waals surface area contributed by atoms with Gasteiger partial charge in [-0.3, -0.25) is 9.59 Å². The van der Waals surface area contributed by atoms with Crippen molar-refractivity contribution in [3.8, 4) is 6.07 Å². The van der Waals surface area contributed by atoms with Crippen LogP contribution < -0.4 is 4.90 Å². The number of anilines is 1. The largest absolute Gasteiger partial charge is 0.469 e. The SMILES string of the molecule is COC(=O)C[C@H]1C[C@H]2CN(c3ccc(C#N)cn3)CCN2C1=O. The van der Waals surface area contributed by atoms with Crippen LogP contribution in [0.15, 0.2) is 18.3 Å². The molecule has 0 unspecified atom stereocenters. The maximum absolute atomic E-state index is 12.4. The van der Waals surface area contributed by atoms with E-state index in [0.29, 0.717) is 31.6 Å². The van der Waals surface area contributed by atoms with Crippen molar-refractivity contribution in [2.45, 2.75) is 18.9 Å². The number of rotatable bonds is 3. The molecule has 0 N–H and O–H groups in total. The fourth-order valence-corrected chi connectivity index (χ4v) is 3.31. The number of hydrogen-bond acceptors (Lipinski definition) is 6. The van der Waals surface area contributed by atoms with Gasteiger partial charge < -0.3 is 14.5 Å². The number of esters is 1. The summed E-state index contributed by atoms with van der Waals surface area (Å²) in [4.78, 5) is 32.1. The summed E-state index contributed by atoms with van der Waals surface area (Å²) < 4.78 is 4.67. The molecule has 0 saturated carbocycles. The molecule has 7 nitrogen and oxygen atoms in total. The van der Waals surface area contributed by atoms with Gasteiger partial charge in [0.2, 0.25) is 5.91 Å². The number of hydrogen-bond donors (Lipinski definition) is 0.